The van der Waals surface area contributed by atoms with Gasteiger partial charge in [0.15, 0.2) is 16.1 Å². The smallest absolute Gasteiger partial charge is 0.234 e. The molecule has 0 saturated heterocycles. The van der Waals surface area contributed by atoms with Gasteiger partial charge in [0.25, 0.3) is 0 Å². The number of thioether (sulfide) groups is 1. The van der Waals surface area contributed by atoms with Crippen LogP contribution >= 0.6 is 34.7 Å². The monoisotopic (exact) mass is 484 g/mol. The third kappa shape index (κ3) is 5.67. The molecule has 0 bridgehead atoms. The molecule has 0 fully saturated rings. The van der Waals surface area contributed by atoms with Crippen LogP contribution in [0, 0.1) is 0 Å². The molecule has 0 radical (unpaired) electrons. The number of benzene rings is 2. The van der Waals surface area contributed by atoms with Gasteiger partial charge in [0.2, 0.25) is 5.91 Å². The van der Waals surface area contributed by atoms with Crippen molar-refractivity contribution in [3.8, 4) is 11.3 Å². The molecule has 0 aliphatic carbocycles. The van der Waals surface area contributed by atoms with Crippen molar-refractivity contribution < 1.29 is 4.79 Å². The third-order valence-electron chi connectivity index (χ3n) is 4.54. The number of rotatable bonds is 9. The van der Waals surface area contributed by atoms with Gasteiger partial charge in [-0.2, -0.15) is 0 Å². The van der Waals surface area contributed by atoms with Gasteiger partial charge >= 0.3 is 0 Å². The number of hydrogen-bond acceptors (Lipinski definition) is 7. The van der Waals surface area contributed by atoms with Crippen LogP contribution in [-0.4, -0.2) is 31.4 Å². The number of aromatic nitrogens is 4. The Balaban J connectivity index is 1.33. The zero-order valence-corrected chi connectivity index (χ0v) is 19.7. The Labute approximate surface area is 199 Å². The number of thiazole rings is 1. The van der Waals surface area contributed by atoms with Crippen molar-refractivity contribution in [2.75, 3.05) is 16.4 Å². The van der Waals surface area contributed by atoms with Crippen LogP contribution in [0.5, 0.6) is 0 Å². The van der Waals surface area contributed by atoms with E-state index in [-0.39, 0.29) is 11.7 Å². The predicted octanol–water partition coefficient (Wildman–Crippen LogP) is 5.42. The zero-order valence-electron chi connectivity index (χ0n) is 17.3. The van der Waals surface area contributed by atoms with Gasteiger partial charge in [-0.25, -0.2) is 4.98 Å². The first-order valence-electron chi connectivity index (χ1n) is 9.97. The van der Waals surface area contributed by atoms with E-state index in [4.69, 9.17) is 11.6 Å². The Morgan fingerprint density at radius 1 is 1.12 bits per heavy atom. The van der Waals surface area contributed by atoms with E-state index >= 15 is 0 Å². The van der Waals surface area contributed by atoms with Gasteiger partial charge in [0.05, 0.1) is 18.0 Å². The van der Waals surface area contributed by atoms with E-state index < -0.39 is 0 Å². The molecule has 0 aliphatic rings. The Hall–Kier alpha value is -2.88. The highest BCUT2D eigenvalue weighted by molar-refractivity contribution is 7.99. The molecule has 2 aromatic carbocycles. The Morgan fingerprint density at radius 3 is 2.66 bits per heavy atom. The van der Waals surface area contributed by atoms with Crippen LogP contribution < -0.4 is 10.6 Å². The average molecular weight is 485 g/mol. The number of anilines is 2. The quantitative estimate of drug-likeness (QED) is 0.309. The number of nitrogens with zero attached hydrogens (tertiary/aromatic N) is 4. The third-order valence-corrected chi connectivity index (χ3v) is 6.56. The van der Waals surface area contributed by atoms with E-state index in [0.717, 1.165) is 22.2 Å². The maximum Gasteiger partial charge on any atom is 0.234 e. The molecule has 4 aromatic rings. The summed E-state index contributed by atoms with van der Waals surface area (Å²) in [5.74, 6) is 0.921. The average Bonchev–Trinajstić information content (AvgIpc) is 3.45. The van der Waals surface area contributed by atoms with Gasteiger partial charge in [0.1, 0.15) is 0 Å². The standard InChI is InChI=1S/C22H21ClN6OS2/c1-2-29-19(12-24-21-26-18(13-31-21)15-6-4-3-5-7-15)27-28-22(29)32-14-20(30)25-17-10-8-16(23)9-11-17/h3-11,13H,2,12,14H2,1H3,(H,24,26)(H,25,30). The van der Waals surface area contributed by atoms with E-state index in [0.29, 0.717) is 29.0 Å². The molecule has 0 unspecified atom stereocenters. The van der Waals surface area contributed by atoms with Crippen LogP contribution in [-0.2, 0) is 17.9 Å². The Morgan fingerprint density at radius 2 is 1.91 bits per heavy atom. The second-order valence-electron chi connectivity index (χ2n) is 6.74. The van der Waals surface area contributed by atoms with E-state index in [1.165, 1.54) is 11.8 Å². The van der Waals surface area contributed by atoms with Crippen molar-refractivity contribution in [2.45, 2.75) is 25.2 Å². The first-order chi connectivity index (χ1) is 15.6. The lowest BCUT2D eigenvalue weighted by Crippen LogP contribution is -2.15. The summed E-state index contributed by atoms with van der Waals surface area (Å²) in [5, 5.41) is 18.9. The van der Waals surface area contributed by atoms with Gasteiger partial charge in [-0.1, -0.05) is 53.7 Å². The van der Waals surface area contributed by atoms with Crippen LogP contribution in [0.3, 0.4) is 0 Å². The number of nitrogens with one attached hydrogen (secondary N) is 2. The normalized spacial score (nSPS) is 10.8. The zero-order chi connectivity index (χ0) is 22.3. The van der Waals surface area contributed by atoms with Crippen molar-refractivity contribution in [1.29, 1.82) is 0 Å². The highest BCUT2D eigenvalue weighted by Gasteiger charge is 2.14. The number of carbonyl (C=O) groups excluding carboxylic acids is 1. The lowest BCUT2D eigenvalue weighted by molar-refractivity contribution is -0.113. The first kappa shape index (κ1) is 22.3. The van der Waals surface area contributed by atoms with Gasteiger partial charge in [0, 0.05) is 28.2 Å². The van der Waals surface area contributed by atoms with Gasteiger partial charge in [-0.15, -0.1) is 21.5 Å². The number of amides is 1. The molecule has 2 aromatic heterocycles. The molecule has 0 spiro atoms. The molecular weight excluding hydrogens is 464 g/mol. The molecule has 4 rings (SSSR count). The summed E-state index contributed by atoms with van der Waals surface area (Å²) >= 11 is 8.79. The highest BCUT2D eigenvalue weighted by Crippen LogP contribution is 2.25. The van der Waals surface area contributed by atoms with E-state index in [1.54, 1.807) is 35.6 Å². The molecule has 0 aliphatic heterocycles. The summed E-state index contributed by atoms with van der Waals surface area (Å²) < 4.78 is 2.00. The highest BCUT2D eigenvalue weighted by atomic mass is 35.5. The van der Waals surface area contributed by atoms with Crippen LogP contribution in [0.4, 0.5) is 10.8 Å². The Bertz CT molecular complexity index is 1180. The largest absolute Gasteiger partial charge is 0.354 e. The Kier molecular flexibility index (Phi) is 7.41. The minimum atomic E-state index is -0.112. The molecule has 7 nitrogen and oxygen atoms in total. The molecule has 164 valence electrons. The number of halogens is 1. The van der Waals surface area contributed by atoms with Crippen molar-refractivity contribution in [1.82, 2.24) is 19.7 Å². The van der Waals surface area contributed by atoms with E-state index in [2.05, 4.69) is 25.8 Å². The van der Waals surface area contributed by atoms with Crippen molar-refractivity contribution in [2.24, 2.45) is 0 Å². The van der Waals surface area contributed by atoms with Crippen LogP contribution in [0.2, 0.25) is 5.02 Å². The maximum atomic E-state index is 12.3. The van der Waals surface area contributed by atoms with Gasteiger partial charge < -0.3 is 15.2 Å². The topological polar surface area (TPSA) is 84.7 Å². The lowest BCUT2D eigenvalue weighted by Gasteiger charge is -2.08. The van der Waals surface area contributed by atoms with Crippen LogP contribution in [0.1, 0.15) is 12.7 Å². The van der Waals surface area contributed by atoms with E-state index in [9.17, 15) is 4.79 Å². The summed E-state index contributed by atoms with van der Waals surface area (Å²) in [6.07, 6.45) is 0. The first-order valence-corrected chi connectivity index (χ1v) is 12.2. The lowest BCUT2D eigenvalue weighted by atomic mass is 10.2. The van der Waals surface area contributed by atoms with Crippen molar-refractivity contribution >= 4 is 51.4 Å². The summed E-state index contributed by atoms with van der Waals surface area (Å²) in [5.41, 5.74) is 2.74. The predicted molar refractivity (Wildman–Crippen MR) is 131 cm³/mol. The fourth-order valence-corrected chi connectivity index (χ4v) is 4.65. The fourth-order valence-electron chi connectivity index (χ4n) is 2.99. The van der Waals surface area contributed by atoms with Crippen LogP contribution in [0.25, 0.3) is 11.3 Å². The van der Waals surface area contributed by atoms with Crippen molar-refractivity contribution in [3.05, 3.63) is 70.8 Å². The molecule has 0 saturated carbocycles. The second-order valence-corrected chi connectivity index (χ2v) is 8.98. The summed E-state index contributed by atoms with van der Waals surface area (Å²) in [6, 6.07) is 17.1. The van der Waals surface area contributed by atoms with Crippen molar-refractivity contribution in [3.63, 3.8) is 0 Å². The maximum absolute atomic E-state index is 12.3. The van der Waals surface area contributed by atoms with Gasteiger partial charge in [-0.3, -0.25) is 4.79 Å². The molecule has 2 heterocycles. The number of hydrogen-bond donors (Lipinski definition) is 2. The van der Waals surface area contributed by atoms with E-state index in [1.807, 2.05) is 47.2 Å². The molecule has 0 atom stereocenters. The summed E-state index contributed by atoms with van der Waals surface area (Å²) in [4.78, 5) is 16.9. The van der Waals surface area contributed by atoms with Gasteiger partial charge in [-0.05, 0) is 31.2 Å². The fraction of sp³-hybridized carbons (Fsp3) is 0.182. The molecule has 1 amide bonds. The second kappa shape index (κ2) is 10.6. The SMILES string of the molecule is CCn1c(CNc2nc(-c3ccccc3)cs2)nnc1SCC(=O)Nc1ccc(Cl)cc1. The molecule has 2 N–H and O–H groups in total. The minimum absolute atomic E-state index is 0.112. The summed E-state index contributed by atoms with van der Waals surface area (Å²) in [7, 11) is 0. The number of carbonyl (C=O) groups is 1. The molecular formula is C22H21ClN6OS2. The minimum Gasteiger partial charge on any atom is -0.354 e. The summed E-state index contributed by atoms with van der Waals surface area (Å²) in [6.45, 7) is 3.24. The van der Waals surface area contributed by atoms with Crippen LogP contribution in [0.15, 0.2) is 65.1 Å². The molecule has 32 heavy (non-hydrogen) atoms. The molecule has 10 heteroatoms.